The van der Waals surface area contributed by atoms with E-state index in [-0.39, 0.29) is 15.6 Å². The maximum atomic E-state index is 12.4. The first-order valence-electron chi connectivity index (χ1n) is 6.70. The van der Waals surface area contributed by atoms with Crippen LogP contribution in [0.15, 0.2) is 48.5 Å². The van der Waals surface area contributed by atoms with Crippen LogP contribution >= 0.6 is 31.9 Å². The molecule has 0 saturated carbocycles. The molecule has 0 aliphatic carbocycles. The van der Waals surface area contributed by atoms with Crippen LogP contribution in [0.3, 0.4) is 0 Å². The van der Waals surface area contributed by atoms with Crippen molar-refractivity contribution in [2.24, 2.45) is 0 Å². The fourth-order valence-corrected chi connectivity index (χ4v) is 3.06. The summed E-state index contributed by atoms with van der Waals surface area (Å²) in [6, 6.07) is 15.9. The van der Waals surface area contributed by atoms with Gasteiger partial charge in [-0.05, 0) is 31.0 Å². The minimum atomic E-state index is -0.347. The lowest BCUT2D eigenvalue weighted by Gasteiger charge is -2.18. The fourth-order valence-electron chi connectivity index (χ4n) is 2.09. The maximum absolute atomic E-state index is 12.4. The number of amides is 1. The fraction of sp³-hybridized carbons (Fsp3) is 0.235. The van der Waals surface area contributed by atoms with Crippen molar-refractivity contribution in [3.05, 3.63) is 65.2 Å². The Bertz CT molecular complexity index is 628. The molecule has 2 nitrogen and oxygen atoms in total. The second-order valence-corrected chi connectivity index (χ2v) is 6.99. The Labute approximate surface area is 142 Å². The molecular weight excluding hydrogens is 394 g/mol. The highest BCUT2D eigenvalue weighted by Crippen LogP contribution is 2.32. The van der Waals surface area contributed by atoms with Gasteiger partial charge in [0.1, 0.15) is 4.83 Å². The van der Waals surface area contributed by atoms with Crippen molar-refractivity contribution < 1.29 is 4.79 Å². The van der Waals surface area contributed by atoms with E-state index in [0.717, 1.165) is 16.8 Å². The molecule has 2 aromatic rings. The normalized spacial score (nSPS) is 13.5. The van der Waals surface area contributed by atoms with Gasteiger partial charge in [0.05, 0.1) is 4.83 Å². The molecule has 0 aliphatic heterocycles. The summed E-state index contributed by atoms with van der Waals surface area (Å²) in [5.41, 5.74) is 4.16. The molecule has 0 spiro atoms. The Kier molecular flexibility index (Phi) is 5.59. The Morgan fingerprint density at radius 2 is 1.71 bits per heavy atom. The van der Waals surface area contributed by atoms with Crippen molar-refractivity contribution in [3.8, 4) is 0 Å². The second kappa shape index (κ2) is 7.23. The molecule has 0 saturated heterocycles. The molecule has 0 aromatic heterocycles. The Hall–Kier alpha value is -1.13. The van der Waals surface area contributed by atoms with E-state index in [1.54, 1.807) is 0 Å². The number of nitrogens with one attached hydrogen (secondary N) is 1. The number of hydrogen-bond acceptors (Lipinski definition) is 1. The van der Waals surface area contributed by atoms with Gasteiger partial charge < -0.3 is 5.32 Å². The van der Waals surface area contributed by atoms with Gasteiger partial charge >= 0.3 is 0 Å². The van der Waals surface area contributed by atoms with Gasteiger partial charge in [0, 0.05) is 5.69 Å². The number of alkyl halides is 2. The van der Waals surface area contributed by atoms with E-state index in [2.05, 4.69) is 43.2 Å². The van der Waals surface area contributed by atoms with Crippen molar-refractivity contribution in [2.45, 2.75) is 23.5 Å². The average Bonchev–Trinajstić information content (AvgIpc) is 2.49. The lowest BCUT2D eigenvalue weighted by atomic mass is 10.1. The molecule has 4 heteroatoms. The molecule has 2 aromatic carbocycles. The first kappa shape index (κ1) is 16.2. The highest BCUT2D eigenvalue weighted by atomic mass is 79.9. The molecule has 1 amide bonds. The summed E-state index contributed by atoms with van der Waals surface area (Å²) >= 11 is 7.07. The minimum Gasteiger partial charge on any atom is -0.325 e. The van der Waals surface area contributed by atoms with Crippen LogP contribution in [-0.2, 0) is 4.79 Å². The third kappa shape index (κ3) is 4.17. The van der Waals surface area contributed by atoms with Crippen LogP contribution in [0.25, 0.3) is 0 Å². The SMILES string of the molecule is Cc1ccc(NC(=O)C(Br)C(Br)c2ccccc2)c(C)c1. The van der Waals surface area contributed by atoms with Crippen LogP contribution in [0.1, 0.15) is 21.5 Å². The Morgan fingerprint density at radius 1 is 1.05 bits per heavy atom. The number of hydrogen-bond donors (Lipinski definition) is 1. The summed E-state index contributed by atoms with van der Waals surface area (Å²) in [5, 5.41) is 2.97. The monoisotopic (exact) mass is 409 g/mol. The molecule has 21 heavy (non-hydrogen) atoms. The van der Waals surface area contributed by atoms with Gasteiger partial charge in [-0.2, -0.15) is 0 Å². The minimum absolute atomic E-state index is 0.0623. The van der Waals surface area contributed by atoms with E-state index in [4.69, 9.17) is 0 Å². The largest absolute Gasteiger partial charge is 0.325 e. The van der Waals surface area contributed by atoms with Crippen molar-refractivity contribution >= 4 is 43.5 Å². The van der Waals surface area contributed by atoms with Crippen LogP contribution in [0.2, 0.25) is 0 Å². The van der Waals surface area contributed by atoms with Crippen molar-refractivity contribution in [1.29, 1.82) is 0 Å². The highest BCUT2D eigenvalue weighted by molar-refractivity contribution is 9.12. The van der Waals surface area contributed by atoms with Gasteiger partial charge in [0.2, 0.25) is 5.91 Å². The second-order valence-electron chi connectivity index (χ2n) is 5.02. The van der Waals surface area contributed by atoms with Crippen LogP contribution in [0.4, 0.5) is 5.69 Å². The van der Waals surface area contributed by atoms with E-state index in [1.165, 1.54) is 5.56 Å². The van der Waals surface area contributed by atoms with Crippen molar-refractivity contribution in [2.75, 3.05) is 5.32 Å². The van der Waals surface area contributed by atoms with E-state index in [1.807, 2.05) is 56.3 Å². The molecule has 0 aliphatic rings. The molecule has 0 fully saturated rings. The van der Waals surface area contributed by atoms with Crippen molar-refractivity contribution in [3.63, 3.8) is 0 Å². The predicted octanol–water partition coefficient (Wildman–Crippen LogP) is 5.14. The van der Waals surface area contributed by atoms with Gasteiger partial charge in [-0.1, -0.05) is 79.9 Å². The zero-order valence-electron chi connectivity index (χ0n) is 11.9. The molecule has 2 rings (SSSR count). The maximum Gasteiger partial charge on any atom is 0.239 e. The number of aryl methyl sites for hydroxylation is 2. The molecule has 1 N–H and O–H groups in total. The number of halogens is 2. The van der Waals surface area contributed by atoms with Gasteiger partial charge in [0.25, 0.3) is 0 Å². The lowest BCUT2D eigenvalue weighted by Crippen LogP contribution is -2.26. The Morgan fingerprint density at radius 3 is 2.33 bits per heavy atom. The molecule has 0 bridgehead atoms. The van der Waals surface area contributed by atoms with E-state index < -0.39 is 0 Å². The van der Waals surface area contributed by atoms with E-state index in [0.29, 0.717) is 0 Å². The van der Waals surface area contributed by atoms with E-state index in [9.17, 15) is 4.79 Å². The molecule has 0 heterocycles. The molecule has 2 unspecified atom stereocenters. The zero-order valence-corrected chi connectivity index (χ0v) is 15.1. The third-order valence-corrected chi connectivity index (χ3v) is 5.98. The first-order chi connectivity index (χ1) is 9.99. The quantitative estimate of drug-likeness (QED) is 0.694. The number of anilines is 1. The smallest absolute Gasteiger partial charge is 0.239 e. The number of benzene rings is 2. The molecular formula is C17H17Br2NO. The molecule has 110 valence electrons. The van der Waals surface area contributed by atoms with Gasteiger partial charge in [-0.3, -0.25) is 4.79 Å². The highest BCUT2D eigenvalue weighted by Gasteiger charge is 2.25. The molecule has 2 atom stereocenters. The summed E-state index contributed by atoms with van der Waals surface area (Å²) in [5.74, 6) is -0.0623. The average molecular weight is 411 g/mol. The summed E-state index contributed by atoms with van der Waals surface area (Å²) < 4.78 is 0. The third-order valence-electron chi connectivity index (χ3n) is 3.27. The summed E-state index contributed by atoms with van der Waals surface area (Å²) in [4.78, 5) is 12.0. The molecule has 0 radical (unpaired) electrons. The number of carbonyl (C=O) groups excluding carboxylic acids is 1. The van der Waals surface area contributed by atoms with Gasteiger partial charge in [-0.25, -0.2) is 0 Å². The summed E-state index contributed by atoms with van der Waals surface area (Å²) in [7, 11) is 0. The summed E-state index contributed by atoms with van der Waals surface area (Å²) in [6.07, 6.45) is 0. The predicted molar refractivity (Wildman–Crippen MR) is 95.4 cm³/mol. The number of carbonyl (C=O) groups is 1. The standard InChI is InChI=1S/C17H17Br2NO/c1-11-8-9-14(12(2)10-11)20-17(21)16(19)15(18)13-6-4-3-5-7-13/h3-10,15-16H,1-2H3,(H,20,21). The first-order valence-corrected chi connectivity index (χ1v) is 8.53. The zero-order chi connectivity index (χ0) is 15.4. The number of rotatable bonds is 4. The lowest BCUT2D eigenvalue weighted by molar-refractivity contribution is -0.115. The van der Waals surface area contributed by atoms with Crippen molar-refractivity contribution in [1.82, 2.24) is 0 Å². The summed E-state index contributed by atoms with van der Waals surface area (Å²) in [6.45, 7) is 4.03. The van der Waals surface area contributed by atoms with Crippen LogP contribution in [0.5, 0.6) is 0 Å². The van der Waals surface area contributed by atoms with E-state index >= 15 is 0 Å². The van der Waals surface area contributed by atoms with Gasteiger partial charge in [-0.15, -0.1) is 0 Å². The van der Waals surface area contributed by atoms with Crippen LogP contribution < -0.4 is 5.32 Å². The Balaban J connectivity index is 2.09. The topological polar surface area (TPSA) is 29.1 Å². The van der Waals surface area contributed by atoms with Crippen LogP contribution in [0, 0.1) is 13.8 Å². The van der Waals surface area contributed by atoms with Crippen LogP contribution in [-0.4, -0.2) is 10.7 Å². The van der Waals surface area contributed by atoms with Gasteiger partial charge in [0.15, 0.2) is 0 Å².